The molecule has 1 aliphatic rings. The molecule has 3 amide bonds. The number of hydrazine groups is 1. The number of rotatable bonds is 6. The predicted octanol–water partition coefficient (Wildman–Crippen LogP) is 4.61. The van der Waals surface area contributed by atoms with Gasteiger partial charge in [0, 0.05) is 5.69 Å². The second-order valence-electron chi connectivity index (χ2n) is 7.14. The standard InChI is InChI=1S/C24H16Cl2FN3O4/c25-19-10-14(9-18-23(32)29-30(24(18)33)17-7-2-1-3-8-17)11-20(26)22(19)34-13-21(31)28-16-6-4-5-15(27)12-16/h1-12H,13H2,(H,28,31)(H,29,32)/b18-9-. The van der Waals surface area contributed by atoms with Crippen molar-refractivity contribution < 1.29 is 23.5 Å². The number of hydrogen-bond acceptors (Lipinski definition) is 4. The number of benzene rings is 3. The summed E-state index contributed by atoms with van der Waals surface area (Å²) in [6.07, 6.45) is 1.36. The van der Waals surface area contributed by atoms with E-state index in [0.717, 1.165) is 5.01 Å². The zero-order chi connectivity index (χ0) is 24.2. The third-order valence-electron chi connectivity index (χ3n) is 4.69. The largest absolute Gasteiger partial charge is 0.481 e. The molecule has 4 rings (SSSR count). The Morgan fingerprint density at radius 1 is 1.03 bits per heavy atom. The summed E-state index contributed by atoms with van der Waals surface area (Å²) >= 11 is 12.5. The Balaban J connectivity index is 1.47. The average molecular weight is 500 g/mol. The molecule has 2 N–H and O–H groups in total. The van der Waals surface area contributed by atoms with Crippen LogP contribution in [-0.4, -0.2) is 24.3 Å². The normalized spacial score (nSPS) is 14.3. The van der Waals surface area contributed by atoms with Crippen molar-refractivity contribution in [1.82, 2.24) is 5.43 Å². The number of amides is 3. The number of halogens is 3. The van der Waals surface area contributed by atoms with Crippen LogP contribution in [0, 0.1) is 5.82 Å². The fourth-order valence-corrected chi connectivity index (χ4v) is 3.80. The van der Waals surface area contributed by atoms with E-state index >= 15 is 0 Å². The van der Waals surface area contributed by atoms with Gasteiger partial charge in [-0.15, -0.1) is 0 Å². The van der Waals surface area contributed by atoms with Gasteiger partial charge in [-0.1, -0.05) is 47.5 Å². The van der Waals surface area contributed by atoms with Crippen molar-refractivity contribution in [3.05, 3.63) is 93.7 Å². The van der Waals surface area contributed by atoms with Crippen LogP contribution >= 0.6 is 23.2 Å². The number of para-hydroxylation sites is 1. The van der Waals surface area contributed by atoms with Crippen molar-refractivity contribution in [2.24, 2.45) is 0 Å². The Hall–Kier alpha value is -3.88. The molecule has 0 aliphatic carbocycles. The molecule has 172 valence electrons. The minimum Gasteiger partial charge on any atom is -0.481 e. The molecular formula is C24H16Cl2FN3O4. The quantitative estimate of drug-likeness (QED) is 0.382. The van der Waals surface area contributed by atoms with Crippen molar-refractivity contribution in [3.63, 3.8) is 0 Å². The first-order chi connectivity index (χ1) is 16.3. The molecule has 0 bridgehead atoms. The molecule has 1 fully saturated rings. The molecule has 3 aromatic carbocycles. The van der Waals surface area contributed by atoms with Crippen LogP contribution in [0.1, 0.15) is 5.56 Å². The Kier molecular flexibility index (Phi) is 6.81. The molecule has 7 nitrogen and oxygen atoms in total. The van der Waals surface area contributed by atoms with E-state index in [1.807, 2.05) is 0 Å². The van der Waals surface area contributed by atoms with E-state index in [9.17, 15) is 18.8 Å². The van der Waals surface area contributed by atoms with Gasteiger partial charge in [-0.25, -0.2) is 9.40 Å². The van der Waals surface area contributed by atoms with Crippen molar-refractivity contribution in [2.45, 2.75) is 0 Å². The highest BCUT2D eigenvalue weighted by atomic mass is 35.5. The molecule has 0 aromatic heterocycles. The maximum atomic E-state index is 13.2. The highest BCUT2D eigenvalue weighted by Crippen LogP contribution is 2.35. The number of carbonyl (C=O) groups excluding carboxylic acids is 3. The molecule has 10 heteroatoms. The lowest BCUT2D eigenvalue weighted by atomic mass is 10.1. The molecule has 0 radical (unpaired) electrons. The molecule has 34 heavy (non-hydrogen) atoms. The van der Waals surface area contributed by atoms with E-state index in [-0.39, 0.29) is 27.1 Å². The van der Waals surface area contributed by atoms with Crippen LogP contribution < -0.4 is 20.5 Å². The predicted molar refractivity (Wildman–Crippen MR) is 127 cm³/mol. The molecular weight excluding hydrogens is 484 g/mol. The zero-order valence-corrected chi connectivity index (χ0v) is 18.9. The zero-order valence-electron chi connectivity index (χ0n) is 17.3. The summed E-state index contributed by atoms with van der Waals surface area (Å²) in [6.45, 7) is -0.427. The third-order valence-corrected chi connectivity index (χ3v) is 5.25. The van der Waals surface area contributed by atoms with Crippen molar-refractivity contribution >= 4 is 58.4 Å². The highest BCUT2D eigenvalue weighted by Gasteiger charge is 2.34. The first kappa shape index (κ1) is 23.3. The fraction of sp³-hybridized carbons (Fsp3) is 0.0417. The van der Waals surface area contributed by atoms with Crippen LogP contribution in [0.5, 0.6) is 5.75 Å². The summed E-state index contributed by atoms with van der Waals surface area (Å²) in [5.41, 5.74) is 3.59. The molecule has 0 atom stereocenters. The smallest absolute Gasteiger partial charge is 0.282 e. The molecule has 0 spiro atoms. The summed E-state index contributed by atoms with van der Waals surface area (Å²) in [7, 11) is 0. The number of carbonyl (C=O) groups is 3. The van der Waals surface area contributed by atoms with E-state index in [1.54, 1.807) is 30.3 Å². The lowest BCUT2D eigenvalue weighted by Crippen LogP contribution is -2.35. The Morgan fingerprint density at radius 2 is 1.74 bits per heavy atom. The van der Waals surface area contributed by atoms with Gasteiger partial charge in [-0.3, -0.25) is 19.8 Å². The summed E-state index contributed by atoms with van der Waals surface area (Å²) in [4.78, 5) is 37.2. The van der Waals surface area contributed by atoms with Gasteiger partial charge in [-0.2, -0.15) is 0 Å². The average Bonchev–Trinajstić information content (AvgIpc) is 3.07. The molecule has 1 saturated heterocycles. The summed E-state index contributed by atoms with van der Waals surface area (Å²) in [6, 6.07) is 17.0. The van der Waals surface area contributed by atoms with Gasteiger partial charge in [0.15, 0.2) is 12.4 Å². The van der Waals surface area contributed by atoms with Crippen LogP contribution in [0.2, 0.25) is 10.0 Å². The van der Waals surface area contributed by atoms with Gasteiger partial charge < -0.3 is 10.1 Å². The first-order valence-corrected chi connectivity index (χ1v) is 10.7. The summed E-state index contributed by atoms with van der Waals surface area (Å²) in [5, 5.41) is 3.78. The minimum atomic E-state index is -0.574. The van der Waals surface area contributed by atoms with E-state index in [4.69, 9.17) is 27.9 Å². The maximum absolute atomic E-state index is 13.2. The Labute approximate surface area is 203 Å². The van der Waals surface area contributed by atoms with Crippen molar-refractivity contribution in [3.8, 4) is 5.75 Å². The monoisotopic (exact) mass is 499 g/mol. The maximum Gasteiger partial charge on any atom is 0.282 e. The van der Waals surface area contributed by atoms with Crippen LogP contribution in [0.15, 0.2) is 72.3 Å². The number of hydrogen-bond donors (Lipinski definition) is 2. The molecule has 0 unspecified atom stereocenters. The summed E-state index contributed by atoms with van der Waals surface area (Å²) < 4.78 is 18.7. The van der Waals surface area contributed by atoms with Gasteiger partial charge in [0.05, 0.1) is 15.7 Å². The van der Waals surface area contributed by atoms with Crippen LogP contribution in [0.25, 0.3) is 6.08 Å². The van der Waals surface area contributed by atoms with E-state index in [0.29, 0.717) is 11.3 Å². The van der Waals surface area contributed by atoms with Crippen LogP contribution in [0.3, 0.4) is 0 Å². The fourth-order valence-electron chi connectivity index (χ4n) is 3.18. The molecule has 0 saturated carbocycles. The van der Waals surface area contributed by atoms with E-state index in [2.05, 4.69) is 10.7 Å². The lowest BCUT2D eigenvalue weighted by molar-refractivity contribution is -0.118. The van der Waals surface area contributed by atoms with Gasteiger partial charge in [-0.05, 0) is 54.1 Å². The number of ether oxygens (including phenoxy) is 1. The van der Waals surface area contributed by atoms with E-state index in [1.165, 1.54) is 42.5 Å². The molecule has 1 aliphatic heterocycles. The van der Waals surface area contributed by atoms with Gasteiger partial charge in [0.2, 0.25) is 0 Å². The molecule has 1 heterocycles. The van der Waals surface area contributed by atoms with Gasteiger partial charge >= 0.3 is 0 Å². The second-order valence-corrected chi connectivity index (χ2v) is 7.95. The Morgan fingerprint density at radius 3 is 2.41 bits per heavy atom. The van der Waals surface area contributed by atoms with Gasteiger partial charge in [0.1, 0.15) is 11.4 Å². The third kappa shape index (κ3) is 5.19. The second kappa shape index (κ2) is 9.94. The first-order valence-electron chi connectivity index (χ1n) is 9.91. The topological polar surface area (TPSA) is 87.7 Å². The Bertz CT molecular complexity index is 1290. The lowest BCUT2D eigenvalue weighted by Gasteiger charge is -2.14. The number of anilines is 2. The van der Waals surface area contributed by atoms with Gasteiger partial charge in [0.25, 0.3) is 17.7 Å². The SMILES string of the molecule is O=C(COc1c(Cl)cc(/C=C2/C(=O)NN(c3ccccc3)C2=O)cc1Cl)Nc1cccc(F)c1. The number of nitrogens with one attached hydrogen (secondary N) is 2. The summed E-state index contributed by atoms with van der Waals surface area (Å²) in [5.74, 6) is -2.09. The van der Waals surface area contributed by atoms with Crippen molar-refractivity contribution in [1.29, 1.82) is 0 Å². The number of nitrogens with zero attached hydrogens (tertiary/aromatic N) is 1. The van der Waals surface area contributed by atoms with Crippen molar-refractivity contribution in [2.75, 3.05) is 16.9 Å². The molecule has 3 aromatic rings. The van der Waals surface area contributed by atoms with Crippen LogP contribution in [-0.2, 0) is 14.4 Å². The van der Waals surface area contributed by atoms with Crippen LogP contribution in [0.4, 0.5) is 15.8 Å². The van der Waals surface area contributed by atoms with E-state index < -0.39 is 30.1 Å². The highest BCUT2D eigenvalue weighted by molar-refractivity contribution is 6.37. The minimum absolute atomic E-state index is 0.0491.